The van der Waals surface area contributed by atoms with Crippen molar-refractivity contribution in [2.45, 2.75) is 6.42 Å². The molecule has 0 aromatic heterocycles. The second kappa shape index (κ2) is 8.04. The van der Waals surface area contributed by atoms with Gasteiger partial charge in [-0.25, -0.2) is 0 Å². The molecule has 1 unspecified atom stereocenters. The molecule has 66 valence electrons. The molecule has 5 nitrogen and oxygen atoms in total. The van der Waals surface area contributed by atoms with Gasteiger partial charge in [0.25, 0.3) is 0 Å². The van der Waals surface area contributed by atoms with Crippen molar-refractivity contribution in [3.8, 4) is 0 Å². The first-order valence-corrected chi connectivity index (χ1v) is 4.60. The average molecular weight is 181 g/mol. The molecule has 0 spiro atoms. The topological polar surface area (TPSA) is 84.6 Å². The quantitative estimate of drug-likeness (QED) is 0.367. The van der Waals surface area contributed by atoms with Crippen LogP contribution in [-0.2, 0) is 9.09 Å². The lowest BCUT2D eigenvalue weighted by atomic mass is 10.4. The Bertz CT molecular complexity index is 112. The molecule has 0 saturated heterocycles. The highest BCUT2D eigenvalue weighted by atomic mass is 31.1. The summed E-state index contributed by atoms with van der Waals surface area (Å²) in [4.78, 5) is 8.19. The lowest BCUT2D eigenvalue weighted by Gasteiger charge is -1.98. The van der Waals surface area contributed by atoms with Gasteiger partial charge >= 0.3 is 8.25 Å². The summed E-state index contributed by atoms with van der Waals surface area (Å²) in [6.45, 7) is 2.32. The summed E-state index contributed by atoms with van der Waals surface area (Å²) in [7, 11) is -2.44. The van der Waals surface area contributed by atoms with Gasteiger partial charge in [-0.2, -0.15) is 0 Å². The van der Waals surface area contributed by atoms with Crippen LogP contribution in [-0.4, -0.2) is 31.1 Å². The van der Waals surface area contributed by atoms with E-state index in [9.17, 15) is 4.57 Å². The zero-order chi connectivity index (χ0) is 8.53. The summed E-state index contributed by atoms with van der Waals surface area (Å²) in [5, 5.41) is 3.00. The van der Waals surface area contributed by atoms with Gasteiger partial charge < -0.3 is 11.1 Å². The normalized spacial score (nSPS) is 11.6. The molecule has 0 bridgehead atoms. The summed E-state index contributed by atoms with van der Waals surface area (Å²) in [6, 6.07) is 0. The van der Waals surface area contributed by atoms with Gasteiger partial charge in [-0.05, 0) is 19.5 Å². The minimum Gasteiger partial charge on any atom is -0.330 e. The molecule has 0 radical (unpaired) electrons. The molecule has 0 aromatic carbocycles. The molecule has 6 heteroatoms. The molecular formula is C5H14N2O3P+. The van der Waals surface area contributed by atoms with E-state index in [1.165, 1.54) is 0 Å². The van der Waals surface area contributed by atoms with E-state index >= 15 is 0 Å². The van der Waals surface area contributed by atoms with Crippen LogP contribution in [0.3, 0.4) is 0 Å². The molecule has 11 heavy (non-hydrogen) atoms. The summed E-state index contributed by atoms with van der Waals surface area (Å²) < 4.78 is 14.4. The highest BCUT2D eigenvalue weighted by Crippen LogP contribution is 2.12. The first kappa shape index (κ1) is 10.9. The highest BCUT2D eigenvalue weighted by molar-refractivity contribution is 7.32. The fraction of sp³-hybridized carbons (Fsp3) is 1.00. The van der Waals surface area contributed by atoms with Crippen molar-refractivity contribution < 1.29 is 14.0 Å². The Morgan fingerprint density at radius 2 is 2.27 bits per heavy atom. The van der Waals surface area contributed by atoms with Crippen molar-refractivity contribution in [3.63, 3.8) is 0 Å². The van der Waals surface area contributed by atoms with E-state index in [1.54, 1.807) is 0 Å². The van der Waals surface area contributed by atoms with E-state index in [4.69, 9.17) is 10.6 Å². The zero-order valence-corrected chi connectivity index (χ0v) is 7.22. The van der Waals surface area contributed by atoms with Crippen LogP contribution < -0.4 is 11.1 Å². The van der Waals surface area contributed by atoms with E-state index in [0.29, 0.717) is 13.1 Å². The Labute approximate surface area is 66.9 Å². The van der Waals surface area contributed by atoms with Crippen molar-refractivity contribution in [2.75, 3.05) is 26.2 Å². The Balaban J connectivity index is 2.85. The predicted molar refractivity (Wildman–Crippen MR) is 42.3 cm³/mol. The second-order valence-electron chi connectivity index (χ2n) is 1.96. The maximum Gasteiger partial charge on any atom is 0.694 e. The van der Waals surface area contributed by atoms with Crippen LogP contribution in [0.5, 0.6) is 0 Å². The standard InChI is InChI=1S/C5H13N2O3P/c6-2-1-3-7-4-5-10-11(8)9/h7H,1-6H2/p+1. The summed E-state index contributed by atoms with van der Waals surface area (Å²) >= 11 is 0. The summed E-state index contributed by atoms with van der Waals surface area (Å²) in [5.41, 5.74) is 5.23. The van der Waals surface area contributed by atoms with Crippen LogP contribution >= 0.6 is 8.25 Å². The van der Waals surface area contributed by atoms with E-state index in [-0.39, 0.29) is 6.61 Å². The van der Waals surface area contributed by atoms with Gasteiger partial charge in [0.05, 0.1) is 0 Å². The largest absolute Gasteiger partial charge is 0.694 e. The van der Waals surface area contributed by atoms with Gasteiger partial charge in [-0.15, -0.1) is 9.42 Å². The maximum absolute atomic E-state index is 9.97. The lowest BCUT2D eigenvalue weighted by Crippen LogP contribution is -2.21. The number of rotatable bonds is 7. The molecule has 0 rings (SSSR count). The average Bonchev–Trinajstić information content (AvgIpc) is 1.96. The van der Waals surface area contributed by atoms with E-state index < -0.39 is 8.25 Å². The highest BCUT2D eigenvalue weighted by Gasteiger charge is 2.09. The Kier molecular flexibility index (Phi) is 8.00. The Morgan fingerprint density at radius 1 is 1.55 bits per heavy atom. The first-order chi connectivity index (χ1) is 5.27. The number of hydrogen-bond acceptors (Lipinski definition) is 4. The molecule has 1 atom stereocenters. The second-order valence-corrected chi connectivity index (χ2v) is 2.70. The molecule has 0 aliphatic rings. The summed E-state index contributed by atoms with van der Waals surface area (Å²) in [6.07, 6.45) is 0.908. The minimum absolute atomic E-state index is 0.260. The maximum atomic E-state index is 9.97. The Hall–Kier alpha value is -0.0600. The molecule has 0 heterocycles. The van der Waals surface area contributed by atoms with E-state index in [1.807, 2.05) is 0 Å². The van der Waals surface area contributed by atoms with Crippen LogP contribution in [0.1, 0.15) is 6.42 Å². The van der Waals surface area contributed by atoms with Gasteiger partial charge in [0.2, 0.25) is 0 Å². The van der Waals surface area contributed by atoms with Gasteiger partial charge in [0.15, 0.2) is 0 Å². The van der Waals surface area contributed by atoms with Crippen LogP contribution in [0, 0.1) is 0 Å². The van der Waals surface area contributed by atoms with Crippen LogP contribution in [0.2, 0.25) is 0 Å². The molecule has 0 aromatic rings. The van der Waals surface area contributed by atoms with Crippen molar-refractivity contribution in [1.82, 2.24) is 5.32 Å². The van der Waals surface area contributed by atoms with E-state index in [2.05, 4.69) is 9.84 Å². The molecule has 0 amide bonds. The van der Waals surface area contributed by atoms with Gasteiger partial charge in [0, 0.05) is 11.1 Å². The molecule has 0 fully saturated rings. The number of hydrogen-bond donors (Lipinski definition) is 3. The molecule has 0 saturated carbocycles. The smallest absolute Gasteiger partial charge is 0.330 e. The monoisotopic (exact) mass is 181 g/mol. The zero-order valence-electron chi connectivity index (χ0n) is 6.32. The fourth-order valence-corrected chi connectivity index (χ4v) is 0.795. The SMILES string of the molecule is NCCCNCCO[P+](=O)O. The van der Waals surface area contributed by atoms with Crippen molar-refractivity contribution in [2.24, 2.45) is 5.73 Å². The summed E-state index contributed by atoms with van der Waals surface area (Å²) in [5.74, 6) is 0. The van der Waals surface area contributed by atoms with Crippen LogP contribution in [0.4, 0.5) is 0 Å². The van der Waals surface area contributed by atoms with Gasteiger partial charge in [0.1, 0.15) is 6.61 Å². The van der Waals surface area contributed by atoms with Crippen LogP contribution in [0.25, 0.3) is 0 Å². The number of nitrogens with two attached hydrogens (primary N) is 1. The molecule has 0 aliphatic carbocycles. The van der Waals surface area contributed by atoms with Gasteiger partial charge in [-0.3, -0.25) is 0 Å². The molecule has 4 N–H and O–H groups in total. The molecule has 0 aliphatic heterocycles. The van der Waals surface area contributed by atoms with Crippen molar-refractivity contribution in [3.05, 3.63) is 0 Å². The third-order valence-corrected chi connectivity index (χ3v) is 1.44. The first-order valence-electron chi connectivity index (χ1n) is 3.47. The number of nitrogens with one attached hydrogen (secondary N) is 1. The van der Waals surface area contributed by atoms with Crippen LogP contribution in [0.15, 0.2) is 0 Å². The minimum atomic E-state index is -2.44. The third kappa shape index (κ3) is 9.94. The van der Waals surface area contributed by atoms with Crippen molar-refractivity contribution >= 4 is 8.25 Å². The van der Waals surface area contributed by atoms with E-state index in [0.717, 1.165) is 13.0 Å². The predicted octanol–water partition coefficient (Wildman–Crippen LogP) is -0.409. The van der Waals surface area contributed by atoms with Gasteiger partial charge in [-0.1, -0.05) is 0 Å². The fourth-order valence-electron chi connectivity index (χ4n) is 0.548. The third-order valence-electron chi connectivity index (χ3n) is 1.04. The van der Waals surface area contributed by atoms with Crippen molar-refractivity contribution in [1.29, 1.82) is 0 Å². The lowest BCUT2D eigenvalue weighted by molar-refractivity contribution is 0.280. The molecular weight excluding hydrogens is 167 g/mol. The Morgan fingerprint density at radius 3 is 2.82 bits per heavy atom.